The lowest BCUT2D eigenvalue weighted by Crippen LogP contribution is -2.32. The standard InChI is InChI=1S/C15H25N3O2/c1-5-18-12(4)15(10(2)16-18)11(3)17(13-6-7-13)9-8-14(19)20/h11,13H,5-9H2,1-4H3,(H,19,20). The van der Waals surface area contributed by atoms with E-state index in [0.29, 0.717) is 12.6 Å². The van der Waals surface area contributed by atoms with Gasteiger partial charge in [0, 0.05) is 36.4 Å². The molecule has 0 radical (unpaired) electrons. The topological polar surface area (TPSA) is 58.4 Å². The Hall–Kier alpha value is -1.36. The highest BCUT2D eigenvalue weighted by molar-refractivity contribution is 5.66. The van der Waals surface area contributed by atoms with Crippen molar-refractivity contribution in [1.29, 1.82) is 0 Å². The fraction of sp³-hybridized carbons (Fsp3) is 0.733. The zero-order chi connectivity index (χ0) is 14.9. The molecule has 1 fully saturated rings. The number of carbonyl (C=O) groups is 1. The highest BCUT2D eigenvalue weighted by atomic mass is 16.4. The molecule has 1 heterocycles. The maximum absolute atomic E-state index is 10.8. The van der Waals surface area contributed by atoms with Gasteiger partial charge in [-0.3, -0.25) is 14.4 Å². The molecule has 0 amide bonds. The first-order valence-corrected chi connectivity index (χ1v) is 7.47. The molecule has 0 aliphatic heterocycles. The molecule has 1 aromatic rings. The Kier molecular flexibility index (Phi) is 4.48. The van der Waals surface area contributed by atoms with Crippen molar-refractivity contribution in [2.45, 2.75) is 65.6 Å². The van der Waals surface area contributed by atoms with Crippen LogP contribution in [-0.4, -0.2) is 38.3 Å². The third kappa shape index (κ3) is 3.03. The monoisotopic (exact) mass is 279 g/mol. The first-order chi connectivity index (χ1) is 9.45. The third-order valence-electron chi connectivity index (χ3n) is 4.25. The Morgan fingerprint density at radius 1 is 1.50 bits per heavy atom. The summed E-state index contributed by atoms with van der Waals surface area (Å²) in [6.07, 6.45) is 2.58. The number of carboxylic acids is 1. The maximum atomic E-state index is 10.8. The normalized spacial score (nSPS) is 16.6. The zero-order valence-electron chi connectivity index (χ0n) is 12.9. The summed E-state index contributed by atoms with van der Waals surface area (Å²) in [6, 6.07) is 0.787. The fourth-order valence-electron chi connectivity index (χ4n) is 3.11. The van der Waals surface area contributed by atoms with Gasteiger partial charge < -0.3 is 5.11 Å². The number of aliphatic carboxylic acids is 1. The Bertz CT molecular complexity index is 492. The minimum atomic E-state index is -0.722. The van der Waals surface area contributed by atoms with Crippen LogP contribution in [0.15, 0.2) is 0 Å². The summed E-state index contributed by atoms with van der Waals surface area (Å²) >= 11 is 0. The van der Waals surface area contributed by atoms with Gasteiger partial charge >= 0.3 is 5.97 Å². The first kappa shape index (κ1) is 15.0. The molecule has 5 heteroatoms. The van der Waals surface area contributed by atoms with Crippen LogP contribution in [-0.2, 0) is 11.3 Å². The van der Waals surface area contributed by atoms with Gasteiger partial charge in [-0.15, -0.1) is 0 Å². The molecule has 112 valence electrons. The molecule has 1 aliphatic carbocycles. The van der Waals surface area contributed by atoms with Gasteiger partial charge in [0.2, 0.25) is 0 Å². The van der Waals surface area contributed by atoms with Gasteiger partial charge in [-0.2, -0.15) is 5.10 Å². The van der Waals surface area contributed by atoms with Crippen LogP contribution >= 0.6 is 0 Å². The molecule has 1 saturated carbocycles. The molecule has 2 rings (SSSR count). The molecule has 0 spiro atoms. The minimum absolute atomic E-state index is 0.209. The zero-order valence-corrected chi connectivity index (χ0v) is 12.9. The number of nitrogens with zero attached hydrogens (tertiary/aromatic N) is 3. The van der Waals surface area contributed by atoms with Crippen molar-refractivity contribution in [3.8, 4) is 0 Å². The van der Waals surface area contributed by atoms with Crippen molar-refractivity contribution in [3.63, 3.8) is 0 Å². The van der Waals surface area contributed by atoms with Crippen LogP contribution in [0.25, 0.3) is 0 Å². The Labute approximate surface area is 120 Å². The molecule has 0 bridgehead atoms. The minimum Gasteiger partial charge on any atom is -0.481 e. The molecule has 1 N–H and O–H groups in total. The van der Waals surface area contributed by atoms with Crippen molar-refractivity contribution < 1.29 is 9.90 Å². The molecule has 1 atom stereocenters. The van der Waals surface area contributed by atoms with E-state index in [9.17, 15) is 4.79 Å². The van der Waals surface area contributed by atoms with E-state index in [2.05, 4.69) is 30.8 Å². The van der Waals surface area contributed by atoms with Crippen molar-refractivity contribution in [2.75, 3.05) is 6.54 Å². The van der Waals surface area contributed by atoms with Gasteiger partial charge in [0.15, 0.2) is 0 Å². The molecular weight excluding hydrogens is 254 g/mol. The number of hydrogen-bond donors (Lipinski definition) is 1. The summed E-state index contributed by atoms with van der Waals surface area (Å²) < 4.78 is 2.03. The average molecular weight is 279 g/mol. The van der Waals surface area contributed by atoms with Gasteiger partial charge in [-0.1, -0.05) is 0 Å². The van der Waals surface area contributed by atoms with E-state index in [1.54, 1.807) is 0 Å². The van der Waals surface area contributed by atoms with E-state index < -0.39 is 5.97 Å². The summed E-state index contributed by atoms with van der Waals surface area (Å²) in [7, 11) is 0. The highest BCUT2D eigenvalue weighted by Crippen LogP contribution is 2.36. The molecule has 1 unspecified atom stereocenters. The summed E-state index contributed by atoms with van der Waals surface area (Å²) in [4.78, 5) is 13.2. The third-order valence-corrected chi connectivity index (χ3v) is 4.25. The summed E-state index contributed by atoms with van der Waals surface area (Å²) in [5.41, 5.74) is 3.54. The molecule has 20 heavy (non-hydrogen) atoms. The van der Waals surface area contributed by atoms with Crippen LogP contribution in [0, 0.1) is 13.8 Å². The number of hydrogen-bond acceptors (Lipinski definition) is 3. The quantitative estimate of drug-likeness (QED) is 0.833. The van der Waals surface area contributed by atoms with E-state index in [1.165, 1.54) is 24.1 Å². The maximum Gasteiger partial charge on any atom is 0.304 e. The molecule has 1 aromatic heterocycles. The van der Waals surface area contributed by atoms with Crippen molar-refractivity contribution in [3.05, 3.63) is 17.0 Å². The van der Waals surface area contributed by atoms with Crippen LogP contribution in [0.4, 0.5) is 0 Å². The Morgan fingerprint density at radius 2 is 2.15 bits per heavy atom. The van der Waals surface area contributed by atoms with Gasteiger partial charge in [-0.25, -0.2) is 0 Å². The Morgan fingerprint density at radius 3 is 2.60 bits per heavy atom. The van der Waals surface area contributed by atoms with Crippen LogP contribution < -0.4 is 0 Å². The molecule has 5 nitrogen and oxygen atoms in total. The number of rotatable bonds is 7. The van der Waals surface area contributed by atoms with Crippen LogP contribution in [0.2, 0.25) is 0 Å². The van der Waals surface area contributed by atoms with E-state index in [0.717, 1.165) is 12.2 Å². The lowest BCUT2D eigenvalue weighted by atomic mass is 10.0. The van der Waals surface area contributed by atoms with Gasteiger partial charge in [0.1, 0.15) is 0 Å². The van der Waals surface area contributed by atoms with Crippen molar-refractivity contribution in [2.24, 2.45) is 0 Å². The van der Waals surface area contributed by atoms with E-state index in [1.807, 2.05) is 11.6 Å². The molecular formula is C15H25N3O2. The smallest absolute Gasteiger partial charge is 0.304 e. The summed E-state index contributed by atoms with van der Waals surface area (Å²) in [6.45, 7) is 9.92. The highest BCUT2D eigenvalue weighted by Gasteiger charge is 2.34. The lowest BCUT2D eigenvalue weighted by Gasteiger charge is -2.29. The number of aryl methyl sites for hydroxylation is 2. The van der Waals surface area contributed by atoms with E-state index in [4.69, 9.17) is 5.11 Å². The first-order valence-electron chi connectivity index (χ1n) is 7.47. The second kappa shape index (κ2) is 5.95. The molecule has 0 aromatic carbocycles. The summed E-state index contributed by atoms with van der Waals surface area (Å²) in [5, 5.41) is 13.5. The second-order valence-corrected chi connectivity index (χ2v) is 5.69. The van der Waals surface area contributed by atoms with Gasteiger partial charge in [0.25, 0.3) is 0 Å². The SMILES string of the molecule is CCn1nc(C)c(C(C)N(CCC(=O)O)C2CC2)c1C. The van der Waals surface area contributed by atoms with E-state index in [-0.39, 0.29) is 12.5 Å². The lowest BCUT2D eigenvalue weighted by molar-refractivity contribution is -0.137. The number of carboxylic acid groups (broad SMARTS) is 1. The Balaban J connectivity index is 2.20. The molecule has 0 saturated heterocycles. The summed E-state index contributed by atoms with van der Waals surface area (Å²) in [5.74, 6) is -0.722. The van der Waals surface area contributed by atoms with Crippen molar-refractivity contribution >= 4 is 5.97 Å². The average Bonchev–Trinajstić information content (AvgIpc) is 3.16. The molecule has 1 aliphatic rings. The van der Waals surface area contributed by atoms with Gasteiger partial charge in [-0.05, 0) is 40.5 Å². The van der Waals surface area contributed by atoms with Crippen LogP contribution in [0.1, 0.15) is 56.1 Å². The number of aromatic nitrogens is 2. The van der Waals surface area contributed by atoms with Crippen LogP contribution in [0.5, 0.6) is 0 Å². The second-order valence-electron chi connectivity index (χ2n) is 5.69. The fourth-order valence-corrected chi connectivity index (χ4v) is 3.11. The van der Waals surface area contributed by atoms with E-state index >= 15 is 0 Å². The van der Waals surface area contributed by atoms with Crippen molar-refractivity contribution in [1.82, 2.24) is 14.7 Å². The van der Waals surface area contributed by atoms with Crippen LogP contribution in [0.3, 0.4) is 0 Å². The predicted octanol–water partition coefficient (Wildman–Crippen LogP) is 2.52. The van der Waals surface area contributed by atoms with Gasteiger partial charge in [0.05, 0.1) is 12.1 Å². The predicted molar refractivity (Wildman–Crippen MR) is 77.8 cm³/mol. The largest absolute Gasteiger partial charge is 0.481 e.